The zero-order valence-corrected chi connectivity index (χ0v) is 19.1. The van der Waals surface area contributed by atoms with E-state index in [0.717, 1.165) is 18.6 Å². The number of hydrogen-bond acceptors (Lipinski definition) is 5. The molecule has 1 aromatic rings. The van der Waals surface area contributed by atoms with Gasteiger partial charge in [-0.05, 0) is 54.9 Å². The summed E-state index contributed by atoms with van der Waals surface area (Å²) in [6.07, 6.45) is -3.35. The first-order chi connectivity index (χ1) is 15.5. The third-order valence-corrected chi connectivity index (χ3v) is 7.73. The number of carbonyl (C=O) groups excluding carboxylic acids is 1. The molecule has 2 aliphatic heterocycles. The number of β-amino-alcohol motifs (C(OH)–C–C–N with tert-alkyl or cyclic N) is 1. The van der Waals surface area contributed by atoms with Crippen LogP contribution in [0.4, 0.5) is 13.2 Å². The molecule has 0 aromatic heterocycles. The van der Waals surface area contributed by atoms with E-state index in [1.165, 1.54) is 11.0 Å². The Balaban J connectivity index is 1.52. The Bertz CT molecular complexity index is 878. The van der Waals surface area contributed by atoms with Crippen LogP contribution in [0.3, 0.4) is 0 Å². The summed E-state index contributed by atoms with van der Waals surface area (Å²) in [5, 5.41) is 24.3. The van der Waals surface area contributed by atoms with Gasteiger partial charge in [-0.3, -0.25) is 4.79 Å². The topological polar surface area (TPSA) is 82.0 Å². The molecule has 0 spiro atoms. The van der Waals surface area contributed by atoms with Crippen molar-refractivity contribution < 1.29 is 32.9 Å². The summed E-state index contributed by atoms with van der Waals surface area (Å²) in [5.74, 6) is -0.0899. The number of ether oxygens (including phenoxy) is 1. The molecule has 3 N–H and O–H groups in total. The second-order valence-corrected chi connectivity index (χ2v) is 10.1. The van der Waals surface area contributed by atoms with Gasteiger partial charge in [-0.15, -0.1) is 0 Å². The predicted molar refractivity (Wildman–Crippen MR) is 115 cm³/mol. The molecule has 4 rings (SSSR count). The molecule has 1 aliphatic carbocycles. The number of carbonyl (C=O) groups is 1. The number of fused-ring (bicyclic) bond motifs is 1. The Hall–Kier alpha value is -1.68. The minimum Gasteiger partial charge on any atom is -0.389 e. The first kappa shape index (κ1) is 24.4. The monoisotopic (exact) mass is 470 g/mol. The normalized spacial score (nSPS) is 32.8. The van der Waals surface area contributed by atoms with E-state index in [2.05, 4.69) is 5.32 Å². The predicted octanol–water partition coefficient (Wildman–Crippen LogP) is 3.02. The molecule has 1 saturated heterocycles. The first-order valence-electron chi connectivity index (χ1n) is 11.7. The Morgan fingerprint density at radius 3 is 2.70 bits per heavy atom. The molecule has 1 saturated carbocycles. The number of nitrogens with zero attached hydrogens (tertiary/aromatic N) is 1. The molecular weight excluding hydrogens is 437 g/mol. The number of halogens is 3. The third-order valence-electron chi connectivity index (χ3n) is 7.73. The zero-order valence-electron chi connectivity index (χ0n) is 19.1. The third kappa shape index (κ3) is 4.78. The highest BCUT2D eigenvalue weighted by atomic mass is 19.4. The van der Waals surface area contributed by atoms with Crippen LogP contribution >= 0.6 is 0 Å². The average Bonchev–Trinajstić information content (AvgIpc) is 3.19. The fourth-order valence-electron chi connectivity index (χ4n) is 5.69. The van der Waals surface area contributed by atoms with E-state index in [0.29, 0.717) is 43.6 Å². The second-order valence-electron chi connectivity index (χ2n) is 10.1. The summed E-state index contributed by atoms with van der Waals surface area (Å²) in [6, 6.07) is 3.33. The van der Waals surface area contributed by atoms with Gasteiger partial charge in [0.05, 0.1) is 36.3 Å². The Morgan fingerprint density at radius 2 is 2.03 bits per heavy atom. The van der Waals surface area contributed by atoms with Crippen molar-refractivity contribution in [1.29, 1.82) is 0 Å². The lowest BCUT2D eigenvalue weighted by molar-refractivity contribution is -0.148. The van der Waals surface area contributed by atoms with Crippen LogP contribution < -0.4 is 5.32 Å². The first-order valence-corrected chi connectivity index (χ1v) is 11.7. The molecule has 0 bridgehead atoms. The van der Waals surface area contributed by atoms with Gasteiger partial charge >= 0.3 is 6.18 Å². The van der Waals surface area contributed by atoms with E-state index >= 15 is 0 Å². The quantitative estimate of drug-likeness (QED) is 0.630. The van der Waals surface area contributed by atoms with Crippen molar-refractivity contribution in [2.75, 3.05) is 19.8 Å². The molecule has 5 atom stereocenters. The van der Waals surface area contributed by atoms with Gasteiger partial charge < -0.3 is 25.2 Å². The van der Waals surface area contributed by atoms with E-state index in [1.807, 2.05) is 13.8 Å². The number of amides is 1. The maximum Gasteiger partial charge on any atom is 0.416 e. The van der Waals surface area contributed by atoms with Crippen LogP contribution in [0.2, 0.25) is 0 Å². The highest BCUT2D eigenvalue weighted by molar-refractivity contribution is 5.84. The molecular formula is C24H33F3N2O4. The summed E-state index contributed by atoms with van der Waals surface area (Å²) in [6.45, 7) is 5.01. The van der Waals surface area contributed by atoms with Gasteiger partial charge in [0.2, 0.25) is 5.91 Å². The Kier molecular flexibility index (Phi) is 6.79. The minimum atomic E-state index is -4.48. The largest absolute Gasteiger partial charge is 0.416 e. The average molecular weight is 471 g/mol. The number of nitrogens with one attached hydrogen (secondary N) is 1. The van der Waals surface area contributed by atoms with Crippen LogP contribution in [0.5, 0.6) is 0 Å². The van der Waals surface area contributed by atoms with Gasteiger partial charge in [0.25, 0.3) is 0 Å². The molecule has 33 heavy (non-hydrogen) atoms. The number of benzene rings is 1. The van der Waals surface area contributed by atoms with Crippen molar-refractivity contribution in [3.05, 3.63) is 34.9 Å². The lowest BCUT2D eigenvalue weighted by Crippen LogP contribution is -2.51. The van der Waals surface area contributed by atoms with E-state index in [9.17, 15) is 28.2 Å². The molecule has 2 fully saturated rings. The van der Waals surface area contributed by atoms with Crippen LogP contribution in [0.25, 0.3) is 0 Å². The fraction of sp³-hybridized carbons (Fsp3) is 0.708. The molecule has 0 radical (unpaired) electrons. The van der Waals surface area contributed by atoms with Crippen LogP contribution in [0.15, 0.2) is 18.2 Å². The highest BCUT2D eigenvalue weighted by Crippen LogP contribution is 2.47. The van der Waals surface area contributed by atoms with Gasteiger partial charge in [-0.25, -0.2) is 0 Å². The molecule has 6 nitrogen and oxygen atoms in total. The standard InChI is InChI=1S/C24H33F3N2O4/c1-14(2)23(7-5-17(10-23)28-19-6-8-33-13-21(19)31)22(32)29-11-15-9-16(24(25,26)27)3-4-18(15)20(30)12-29/h3-4,9,14,17,19-21,28,30-31H,5-8,10-13H2,1-2H3/t17-,19?,20-,21-,23+/m1/s1. The van der Waals surface area contributed by atoms with E-state index < -0.39 is 29.4 Å². The highest BCUT2D eigenvalue weighted by Gasteiger charge is 2.50. The van der Waals surface area contributed by atoms with Gasteiger partial charge in [-0.2, -0.15) is 13.2 Å². The molecule has 1 aromatic carbocycles. The zero-order chi connectivity index (χ0) is 24.0. The van der Waals surface area contributed by atoms with E-state index in [1.54, 1.807) is 0 Å². The van der Waals surface area contributed by atoms with Crippen LogP contribution in [-0.4, -0.2) is 59.0 Å². The number of aliphatic hydroxyl groups excluding tert-OH is 2. The summed E-state index contributed by atoms with van der Waals surface area (Å²) < 4.78 is 44.9. The van der Waals surface area contributed by atoms with Gasteiger partial charge in [0.1, 0.15) is 0 Å². The van der Waals surface area contributed by atoms with Crippen molar-refractivity contribution in [1.82, 2.24) is 10.2 Å². The molecule has 1 unspecified atom stereocenters. The van der Waals surface area contributed by atoms with Crippen molar-refractivity contribution in [2.24, 2.45) is 11.3 Å². The van der Waals surface area contributed by atoms with Crippen molar-refractivity contribution >= 4 is 5.91 Å². The summed E-state index contributed by atoms with van der Waals surface area (Å²) in [5.41, 5.74) is -0.646. The van der Waals surface area contributed by atoms with Crippen molar-refractivity contribution in [3.63, 3.8) is 0 Å². The summed E-state index contributed by atoms with van der Waals surface area (Å²) >= 11 is 0. The van der Waals surface area contributed by atoms with E-state index in [4.69, 9.17) is 4.74 Å². The van der Waals surface area contributed by atoms with Crippen LogP contribution in [-0.2, 0) is 22.3 Å². The number of aliphatic hydroxyl groups is 2. The van der Waals surface area contributed by atoms with Crippen molar-refractivity contribution in [2.45, 2.75) is 76.5 Å². The Labute approximate surface area is 192 Å². The number of rotatable bonds is 4. The summed E-state index contributed by atoms with van der Waals surface area (Å²) in [7, 11) is 0. The lowest BCUT2D eigenvalue weighted by atomic mass is 9.73. The van der Waals surface area contributed by atoms with Gasteiger partial charge in [-0.1, -0.05) is 19.9 Å². The van der Waals surface area contributed by atoms with Crippen molar-refractivity contribution in [3.8, 4) is 0 Å². The molecule has 2 heterocycles. The number of hydrogen-bond donors (Lipinski definition) is 3. The lowest BCUT2D eigenvalue weighted by Gasteiger charge is -2.41. The molecule has 9 heteroatoms. The van der Waals surface area contributed by atoms with Crippen LogP contribution in [0, 0.1) is 11.3 Å². The molecule has 1 amide bonds. The molecule has 184 valence electrons. The second kappa shape index (κ2) is 9.17. The van der Waals surface area contributed by atoms with Gasteiger partial charge in [0.15, 0.2) is 0 Å². The SMILES string of the molecule is CC(C)[C@]1(C(=O)N2Cc3cc(C(F)(F)F)ccc3[C@H](O)C2)CC[C@@H](NC2CCOC[C@H]2O)C1. The maximum atomic E-state index is 13.8. The van der Waals surface area contributed by atoms with E-state index in [-0.39, 0.29) is 37.0 Å². The number of alkyl halides is 3. The Morgan fingerprint density at radius 1 is 1.27 bits per heavy atom. The van der Waals surface area contributed by atoms with Crippen LogP contribution in [0.1, 0.15) is 62.3 Å². The fourth-order valence-corrected chi connectivity index (χ4v) is 5.69. The van der Waals surface area contributed by atoms with Gasteiger partial charge in [0, 0.05) is 25.2 Å². The molecule has 3 aliphatic rings. The summed E-state index contributed by atoms with van der Waals surface area (Å²) in [4.78, 5) is 15.3. The minimum absolute atomic E-state index is 0.0245. The maximum absolute atomic E-state index is 13.8. The smallest absolute Gasteiger partial charge is 0.389 e.